The first-order valence-electron chi connectivity index (χ1n) is 8.39. The SMILES string of the molecule is O=c1[nH]c(CSc2nnnn2-c2cccc(F)c2)nc2sc3c(c12)CCC3. The van der Waals surface area contributed by atoms with E-state index in [4.69, 9.17) is 0 Å². The summed E-state index contributed by atoms with van der Waals surface area (Å²) < 4.78 is 14.9. The Bertz CT molecular complexity index is 1210. The molecule has 5 rings (SSSR count). The van der Waals surface area contributed by atoms with E-state index in [-0.39, 0.29) is 11.4 Å². The number of hydrogen-bond acceptors (Lipinski definition) is 7. The standard InChI is InChI=1S/C17H13FN6OS2/c18-9-3-1-4-10(7-9)24-17(21-22-23-24)26-8-13-19-15(25)14-11-5-2-6-12(11)27-16(14)20-13/h1,3-4,7H,2,5-6,8H2,(H,19,20,25). The third-order valence-electron chi connectivity index (χ3n) is 4.46. The number of aromatic nitrogens is 6. The number of fused-ring (bicyclic) bond motifs is 3. The van der Waals surface area contributed by atoms with Crippen molar-refractivity contribution in [2.24, 2.45) is 0 Å². The van der Waals surface area contributed by atoms with Crippen molar-refractivity contribution in [1.29, 1.82) is 0 Å². The second kappa shape index (κ2) is 6.54. The first-order chi connectivity index (χ1) is 13.2. The zero-order valence-electron chi connectivity index (χ0n) is 14.0. The van der Waals surface area contributed by atoms with Gasteiger partial charge in [0.15, 0.2) is 0 Å². The minimum atomic E-state index is -0.360. The van der Waals surface area contributed by atoms with Crippen LogP contribution in [0.15, 0.2) is 34.2 Å². The summed E-state index contributed by atoms with van der Waals surface area (Å²) in [5.41, 5.74) is 1.62. The van der Waals surface area contributed by atoms with Gasteiger partial charge in [-0.25, -0.2) is 9.37 Å². The van der Waals surface area contributed by atoms with Gasteiger partial charge < -0.3 is 4.98 Å². The normalized spacial score (nSPS) is 13.4. The van der Waals surface area contributed by atoms with Crippen LogP contribution in [-0.2, 0) is 18.6 Å². The molecule has 27 heavy (non-hydrogen) atoms. The number of nitrogens with one attached hydrogen (secondary N) is 1. The average Bonchev–Trinajstić information content (AvgIpc) is 3.35. The summed E-state index contributed by atoms with van der Waals surface area (Å²) in [7, 11) is 0. The highest BCUT2D eigenvalue weighted by Gasteiger charge is 2.21. The van der Waals surface area contributed by atoms with Crippen LogP contribution in [0.4, 0.5) is 4.39 Å². The molecule has 3 aromatic heterocycles. The van der Waals surface area contributed by atoms with Gasteiger partial charge >= 0.3 is 0 Å². The Balaban J connectivity index is 1.43. The summed E-state index contributed by atoms with van der Waals surface area (Å²) in [4.78, 5) is 22.1. The van der Waals surface area contributed by atoms with Crippen molar-refractivity contribution in [1.82, 2.24) is 30.2 Å². The first-order valence-corrected chi connectivity index (χ1v) is 10.2. The highest BCUT2D eigenvalue weighted by molar-refractivity contribution is 7.98. The zero-order chi connectivity index (χ0) is 18.4. The number of H-pyrrole nitrogens is 1. The predicted molar refractivity (Wildman–Crippen MR) is 101 cm³/mol. The van der Waals surface area contributed by atoms with Gasteiger partial charge in [-0.3, -0.25) is 4.79 Å². The van der Waals surface area contributed by atoms with Crippen LogP contribution >= 0.6 is 23.1 Å². The van der Waals surface area contributed by atoms with Gasteiger partial charge in [-0.15, -0.1) is 16.4 Å². The molecule has 0 atom stereocenters. The quantitative estimate of drug-likeness (QED) is 0.530. The molecule has 0 fully saturated rings. The van der Waals surface area contributed by atoms with E-state index in [2.05, 4.69) is 25.5 Å². The summed E-state index contributed by atoms with van der Waals surface area (Å²) in [6.07, 6.45) is 3.09. The molecule has 0 unspecified atom stereocenters. The summed E-state index contributed by atoms with van der Waals surface area (Å²) in [5, 5.41) is 12.8. The Morgan fingerprint density at radius 2 is 2.26 bits per heavy atom. The fourth-order valence-corrected chi connectivity index (χ4v) is 5.33. The van der Waals surface area contributed by atoms with Gasteiger partial charge in [0.05, 0.1) is 16.8 Å². The zero-order valence-corrected chi connectivity index (χ0v) is 15.6. The number of nitrogens with zero attached hydrogens (tertiary/aromatic N) is 5. The van der Waals surface area contributed by atoms with E-state index >= 15 is 0 Å². The topological polar surface area (TPSA) is 89.4 Å². The van der Waals surface area contributed by atoms with Crippen molar-refractivity contribution < 1.29 is 4.39 Å². The number of thioether (sulfide) groups is 1. The number of hydrogen-bond donors (Lipinski definition) is 1. The molecular formula is C17H13FN6OS2. The lowest BCUT2D eigenvalue weighted by atomic mass is 10.2. The van der Waals surface area contributed by atoms with Crippen molar-refractivity contribution in [3.63, 3.8) is 0 Å². The molecule has 0 radical (unpaired) electrons. The van der Waals surface area contributed by atoms with Gasteiger partial charge in [0, 0.05) is 4.88 Å². The monoisotopic (exact) mass is 400 g/mol. The van der Waals surface area contributed by atoms with E-state index < -0.39 is 0 Å². The highest BCUT2D eigenvalue weighted by Crippen LogP contribution is 2.34. The maximum absolute atomic E-state index is 13.5. The molecule has 0 spiro atoms. The molecule has 1 aromatic carbocycles. The van der Waals surface area contributed by atoms with Gasteiger partial charge in [0.2, 0.25) is 5.16 Å². The van der Waals surface area contributed by atoms with Gasteiger partial charge in [-0.05, 0) is 53.5 Å². The predicted octanol–water partition coefficient (Wildman–Crippen LogP) is 2.88. The maximum atomic E-state index is 13.5. The second-order valence-corrected chi connectivity index (χ2v) is 8.22. The molecule has 136 valence electrons. The number of aryl methyl sites for hydroxylation is 2. The lowest BCUT2D eigenvalue weighted by Gasteiger charge is -2.04. The molecule has 7 nitrogen and oxygen atoms in total. The smallest absolute Gasteiger partial charge is 0.259 e. The number of rotatable bonds is 4. The molecule has 4 aromatic rings. The first kappa shape index (κ1) is 16.6. The van der Waals surface area contributed by atoms with E-state index in [1.807, 2.05) is 0 Å². The lowest BCUT2D eigenvalue weighted by Crippen LogP contribution is -2.11. The van der Waals surface area contributed by atoms with Crippen LogP contribution in [0, 0.1) is 5.82 Å². The van der Waals surface area contributed by atoms with Crippen LogP contribution in [0.5, 0.6) is 0 Å². The molecule has 0 amide bonds. The van der Waals surface area contributed by atoms with E-state index in [0.717, 1.165) is 35.0 Å². The third-order valence-corrected chi connectivity index (χ3v) is 6.57. The van der Waals surface area contributed by atoms with Gasteiger partial charge in [-0.2, -0.15) is 4.68 Å². The Labute approximate surface area is 160 Å². The van der Waals surface area contributed by atoms with Gasteiger partial charge in [-0.1, -0.05) is 17.8 Å². The van der Waals surface area contributed by atoms with Crippen LogP contribution < -0.4 is 5.56 Å². The van der Waals surface area contributed by atoms with Crippen LogP contribution in [0.3, 0.4) is 0 Å². The summed E-state index contributed by atoms with van der Waals surface area (Å²) in [5.74, 6) is 0.621. The van der Waals surface area contributed by atoms with Gasteiger partial charge in [0.25, 0.3) is 5.56 Å². The minimum absolute atomic E-state index is 0.0836. The summed E-state index contributed by atoms with van der Waals surface area (Å²) in [6.45, 7) is 0. The van der Waals surface area contributed by atoms with Crippen LogP contribution in [0.2, 0.25) is 0 Å². The van der Waals surface area contributed by atoms with E-state index in [9.17, 15) is 9.18 Å². The molecule has 0 bridgehead atoms. The minimum Gasteiger partial charge on any atom is -0.309 e. The fourth-order valence-electron chi connectivity index (χ4n) is 3.29. The van der Waals surface area contributed by atoms with Crippen molar-refractivity contribution in [2.45, 2.75) is 30.2 Å². The molecular weight excluding hydrogens is 387 g/mol. The Morgan fingerprint density at radius 3 is 3.15 bits per heavy atom. The third kappa shape index (κ3) is 2.94. The van der Waals surface area contributed by atoms with E-state index in [1.165, 1.54) is 33.5 Å². The molecule has 1 N–H and O–H groups in total. The Morgan fingerprint density at radius 1 is 1.33 bits per heavy atom. The molecule has 0 aliphatic heterocycles. The molecule has 0 saturated heterocycles. The van der Waals surface area contributed by atoms with Crippen LogP contribution in [-0.4, -0.2) is 30.2 Å². The number of halogens is 1. The van der Waals surface area contributed by atoms with Gasteiger partial charge in [0.1, 0.15) is 16.5 Å². The van der Waals surface area contributed by atoms with Crippen molar-refractivity contribution >= 4 is 33.3 Å². The Kier molecular flexibility index (Phi) is 4.01. The Hall–Kier alpha value is -2.59. The summed E-state index contributed by atoms with van der Waals surface area (Å²) >= 11 is 2.94. The molecule has 0 saturated carbocycles. The highest BCUT2D eigenvalue weighted by atomic mass is 32.2. The van der Waals surface area contributed by atoms with Crippen molar-refractivity contribution in [3.8, 4) is 5.69 Å². The largest absolute Gasteiger partial charge is 0.309 e. The lowest BCUT2D eigenvalue weighted by molar-refractivity contribution is 0.623. The van der Waals surface area contributed by atoms with Crippen LogP contribution in [0.25, 0.3) is 15.9 Å². The molecule has 1 aliphatic rings. The molecule has 1 aliphatic carbocycles. The van der Waals surface area contributed by atoms with Crippen molar-refractivity contribution in [2.75, 3.05) is 0 Å². The van der Waals surface area contributed by atoms with E-state index in [1.54, 1.807) is 23.5 Å². The van der Waals surface area contributed by atoms with Crippen molar-refractivity contribution in [3.05, 3.63) is 56.7 Å². The maximum Gasteiger partial charge on any atom is 0.259 e. The van der Waals surface area contributed by atoms with Crippen LogP contribution in [0.1, 0.15) is 22.7 Å². The van der Waals surface area contributed by atoms with E-state index in [0.29, 0.717) is 22.4 Å². The fraction of sp³-hybridized carbons (Fsp3) is 0.235. The number of tetrazole rings is 1. The summed E-state index contributed by atoms with van der Waals surface area (Å²) in [6, 6.07) is 6.05. The second-order valence-electron chi connectivity index (χ2n) is 6.19. The molecule has 10 heteroatoms. The number of aromatic amines is 1. The number of benzene rings is 1. The average molecular weight is 400 g/mol. The number of thiophene rings is 1. The molecule has 3 heterocycles.